The van der Waals surface area contributed by atoms with Gasteiger partial charge in [0.05, 0.1) is 16.6 Å². The fourth-order valence-corrected chi connectivity index (χ4v) is 2.57. The summed E-state index contributed by atoms with van der Waals surface area (Å²) in [6.07, 6.45) is 0. The molecule has 2 aromatic carbocycles. The van der Waals surface area contributed by atoms with E-state index in [4.69, 9.17) is 17.5 Å². The number of nitrogens with zero attached hydrogens (tertiary/aromatic N) is 2. The standard InChI is InChI=1S/C15H10FN3S/c1-9-3-2-4-13-14(9)18-15(20)19(13)11-5-6-12(16)10(7-11)8-17/h2-7H,1H3,(H,18,20). The number of nitrogens with one attached hydrogen (secondary N) is 1. The van der Waals surface area contributed by atoms with Crippen LogP contribution in [0.4, 0.5) is 4.39 Å². The van der Waals surface area contributed by atoms with Crippen LogP contribution in [-0.2, 0) is 0 Å². The maximum absolute atomic E-state index is 13.4. The first-order chi connectivity index (χ1) is 9.61. The zero-order valence-electron chi connectivity index (χ0n) is 10.6. The Labute approximate surface area is 119 Å². The van der Waals surface area contributed by atoms with Crippen LogP contribution in [0.3, 0.4) is 0 Å². The Morgan fingerprint density at radius 2 is 2.10 bits per heavy atom. The highest BCUT2D eigenvalue weighted by Gasteiger charge is 2.10. The van der Waals surface area contributed by atoms with E-state index in [-0.39, 0.29) is 5.56 Å². The van der Waals surface area contributed by atoms with Crippen molar-refractivity contribution in [2.75, 3.05) is 0 Å². The molecule has 0 aliphatic rings. The zero-order chi connectivity index (χ0) is 14.3. The van der Waals surface area contributed by atoms with Gasteiger partial charge in [-0.3, -0.25) is 4.57 Å². The third-order valence-corrected chi connectivity index (χ3v) is 3.54. The van der Waals surface area contributed by atoms with Crippen molar-refractivity contribution in [3.05, 3.63) is 58.1 Å². The number of hydrogen-bond donors (Lipinski definition) is 1. The summed E-state index contributed by atoms with van der Waals surface area (Å²) in [6.45, 7) is 1.99. The fourth-order valence-electron chi connectivity index (χ4n) is 2.27. The molecule has 0 aliphatic carbocycles. The largest absolute Gasteiger partial charge is 0.330 e. The predicted octanol–water partition coefficient (Wildman–Crippen LogP) is 4.01. The number of hydrogen-bond acceptors (Lipinski definition) is 2. The lowest BCUT2D eigenvalue weighted by Gasteiger charge is -2.05. The third-order valence-electron chi connectivity index (χ3n) is 3.26. The minimum atomic E-state index is -0.529. The minimum Gasteiger partial charge on any atom is -0.330 e. The van der Waals surface area contributed by atoms with Crippen molar-refractivity contribution in [1.82, 2.24) is 9.55 Å². The Kier molecular flexibility index (Phi) is 2.88. The van der Waals surface area contributed by atoms with Crippen molar-refractivity contribution in [2.24, 2.45) is 0 Å². The highest BCUT2D eigenvalue weighted by molar-refractivity contribution is 7.71. The van der Waals surface area contributed by atoms with Crippen LogP contribution in [0.15, 0.2) is 36.4 Å². The van der Waals surface area contributed by atoms with Gasteiger partial charge >= 0.3 is 0 Å². The molecule has 5 heteroatoms. The molecule has 3 aromatic rings. The van der Waals surface area contributed by atoms with Crippen molar-refractivity contribution in [1.29, 1.82) is 5.26 Å². The van der Waals surface area contributed by atoms with Gasteiger partial charge in [0.1, 0.15) is 11.9 Å². The topological polar surface area (TPSA) is 44.5 Å². The van der Waals surface area contributed by atoms with E-state index in [2.05, 4.69) is 4.98 Å². The predicted molar refractivity (Wildman–Crippen MR) is 77.9 cm³/mol. The van der Waals surface area contributed by atoms with Gasteiger partial charge in [0.2, 0.25) is 0 Å². The highest BCUT2D eigenvalue weighted by atomic mass is 32.1. The van der Waals surface area contributed by atoms with Gasteiger partial charge in [-0.2, -0.15) is 5.26 Å². The molecule has 0 saturated carbocycles. The number of rotatable bonds is 1. The van der Waals surface area contributed by atoms with E-state index in [1.54, 1.807) is 10.6 Å². The van der Waals surface area contributed by atoms with E-state index in [1.165, 1.54) is 12.1 Å². The minimum absolute atomic E-state index is 0.00593. The number of aromatic amines is 1. The zero-order valence-corrected chi connectivity index (χ0v) is 11.5. The number of nitriles is 1. The van der Waals surface area contributed by atoms with Crippen LogP contribution < -0.4 is 0 Å². The Hall–Kier alpha value is -2.45. The van der Waals surface area contributed by atoms with E-state index in [9.17, 15) is 4.39 Å². The number of imidazole rings is 1. The molecule has 0 saturated heterocycles. The number of para-hydroxylation sites is 1. The first-order valence-corrected chi connectivity index (χ1v) is 6.43. The number of H-pyrrole nitrogens is 1. The van der Waals surface area contributed by atoms with Crippen LogP contribution in [-0.4, -0.2) is 9.55 Å². The molecule has 0 unspecified atom stereocenters. The number of benzene rings is 2. The van der Waals surface area contributed by atoms with E-state index >= 15 is 0 Å². The summed E-state index contributed by atoms with van der Waals surface area (Å²) in [6, 6.07) is 12.1. The van der Waals surface area contributed by atoms with E-state index in [1.807, 2.05) is 31.2 Å². The van der Waals surface area contributed by atoms with Gasteiger partial charge in [-0.25, -0.2) is 4.39 Å². The Bertz CT molecular complexity index is 915. The molecule has 0 aliphatic heterocycles. The van der Waals surface area contributed by atoms with Gasteiger partial charge in [0.25, 0.3) is 0 Å². The molecule has 98 valence electrons. The molecule has 0 atom stereocenters. The van der Waals surface area contributed by atoms with Gasteiger partial charge in [-0.05, 0) is 49.0 Å². The van der Waals surface area contributed by atoms with Gasteiger partial charge in [-0.15, -0.1) is 0 Å². The molecule has 1 N–H and O–H groups in total. The first-order valence-electron chi connectivity index (χ1n) is 6.02. The van der Waals surface area contributed by atoms with Crippen LogP contribution in [0.5, 0.6) is 0 Å². The van der Waals surface area contributed by atoms with Crippen molar-refractivity contribution in [3.8, 4) is 11.8 Å². The van der Waals surface area contributed by atoms with Gasteiger partial charge in [0.15, 0.2) is 4.77 Å². The van der Waals surface area contributed by atoms with Crippen molar-refractivity contribution in [2.45, 2.75) is 6.92 Å². The van der Waals surface area contributed by atoms with Crippen LogP contribution in [0.2, 0.25) is 0 Å². The summed E-state index contributed by atoms with van der Waals surface area (Å²) >= 11 is 5.34. The quantitative estimate of drug-likeness (QED) is 0.686. The lowest BCUT2D eigenvalue weighted by Crippen LogP contribution is -1.96. The van der Waals surface area contributed by atoms with Crippen LogP contribution in [0.1, 0.15) is 11.1 Å². The Morgan fingerprint density at radius 1 is 1.30 bits per heavy atom. The average Bonchev–Trinajstić information content (AvgIpc) is 2.77. The van der Waals surface area contributed by atoms with Gasteiger partial charge in [0, 0.05) is 5.69 Å². The maximum Gasteiger partial charge on any atom is 0.182 e. The SMILES string of the molecule is Cc1cccc2c1[nH]c(=S)n2-c1ccc(F)c(C#N)c1. The molecule has 0 spiro atoms. The van der Waals surface area contributed by atoms with Crippen LogP contribution in [0, 0.1) is 28.8 Å². The van der Waals surface area contributed by atoms with E-state index in [0.717, 1.165) is 16.6 Å². The Morgan fingerprint density at radius 3 is 2.85 bits per heavy atom. The van der Waals surface area contributed by atoms with Gasteiger partial charge < -0.3 is 4.98 Å². The van der Waals surface area contributed by atoms with E-state index in [0.29, 0.717) is 10.5 Å². The molecule has 1 heterocycles. The number of aromatic nitrogens is 2. The monoisotopic (exact) mass is 283 g/mol. The summed E-state index contributed by atoms with van der Waals surface area (Å²) in [7, 11) is 0. The first kappa shape index (κ1) is 12.6. The number of aryl methyl sites for hydroxylation is 1. The molecule has 0 amide bonds. The summed E-state index contributed by atoms with van der Waals surface area (Å²) in [5.41, 5.74) is 3.61. The average molecular weight is 283 g/mol. The summed E-state index contributed by atoms with van der Waals surface area (Å²) < 4.78 is 15.7. The second-order valence-electron chi connectivity index (χ2n) is 4.51. The van der Waals surface area contributed by atoms with E-state index < -0.39 is 5.82 Å². The molecular weight excluding hydrogens is 273 g/mol. The smallest absolute Gasteiger partial charge is 0.182 e. The molecule has 3 rings (SSSR count). The Balaban J connectivity index is 2.36. The molecule has 0 fully saturated rings. The maximum atomic E-state index is 13.4. The van der Waals surface area contributed by atoms with Crippen molar-refractivity contribution < 1.29 is 4.39 Å². The van der Waals surface area contributed by atoms with Crippen LogP contribution in [0.25, 0.3) is 16.7 Å². The fraction of sp³-hybridized carbons (Fsp3) is 0.0667. The lowest BCUT2D eigenvalue weighted by molar-refractivity contribution is 0.623. The van der Waals surface area contributed by atoms with Gasteiger partial charge in [-0.1, -0.05) is 12.1 Å². The lowest BCUT2D eigenvalue weighted by atomic mass is 10.2. The second-order valence-corrected chi connectivity index (χ2v) is 4.90. The molecule has 20 heavy (non-hydrogen) atoms. The third kappa shape index (κ3) is 1.82. The summed E-state index contributed by atoms with van der Waals surface area (Å²) in [5, 5.41) is 8.93. The number of halogens is 1. The summed E-state index contributed by atoms with van der Waals surface area (Å²) in [5.74, 6) is -0.529. The normalized spacial score (nSPS) is 10.7. The molecule has 3 nitrogen and oxygen atoms in total. The van der Waals surface area contributed by atoms with Crippen LogP contribution >= 0.6 is 12.2 Å². The molecular formula is C15H10FN3S. The highest BCUT2D eigenvalue weighted by Crippen LogP contribution is 2.23. The second kappa shape index (κ2) is 4.58. The van der Waals surface area contributed by atoms with Crippen molar-refractivity contribution >= 4 is 23.3 Å². The molecule has 0 radical (unpaired) electrons. The molecule has 1 aromatic heterocycles. The molecule has 0 bridgehead atoms. The summed E-state index contributed by atoms with van der Waals surface area (Å²) in [4.78, 5) is 3.15. The number of fused-ring (bicyclic) bond motifs is 1. The van der Waals surface area contributed by atoms with Crippen molar-refractivity contribution in [3.63, 3.8) is 0 Å².